The fourth-order valence-corrected chi connectivity index (χ4v) is 4.39. The van der Waals surface area contributed by atoms with Gasteiger partial charge in [-0.05, 0) is 31.4 Å². The highest BCUT2D eigenvalue weighted by molar-refractivity contribution is 6.42. The molecule has 9 nitrogen and oxygen atoms in total. The van der Waals surface area contributed by atoms with Crippen LogP contribution in [0.2, 0.25) is 10.0 Å². The Hall–Kier alpha value is -2.62. The number of hydrogen-bond acceptors (Lipinski definition) is 7. The van der Waals surface area contributed by atoms with E-state index in [2.05, 4.69) is 25.2 Å². The summed E-state index contributed by atoms with van der Waals surface area (Å²) in [6.45, 7) is 1.42. The lowest BCUT2D eigenvalue weighted by molar-refractivity contribution is -0.125. The number of anilines is 2. The number of amides is 1. The number of rotatable bonds is 5. The lowest BCUT2D eigenvalue weighted by atomic mass is 9.99. The van der Waals surface area contributed by atoms with E-state index in [1.54, 1.807) is 12.4 Å². The van der Waals surface area contributed by atoms with Gasteiger partial charge < -0.3 is 26.3 Å². The molecule has 31 heavy (non-hydrogen) atoms. The highest BCUT2D eigenvalue weighted by Crippen LogP contribution is 2.37. The molecular weight excluding hydrogens is 439 g/mol. The predicted molar refractivity (Wildman–Crippen MR) is 120 cm³/mol. The number of fused-ring (bicyclic) bond motifs is 1. The summed E-state index contributed by atoms with van der Waals surface area (Å²) in [5, 5.41) is 3.92. The zero-order valence-electron chi connectivity index (χ0n) is 16.7. The first-order valence-corrected chi connectivity index (χ1v) is 10.8. The Morgan fingerprint density at radius 2 is 2.06 bits per heavy atom. The molecule has 1 saturated carbocycles. The van der Waals surface area contributed by atoms with Crippen molar-refractivity contribution in [3.8, 4) is 0 Å². The molecule has 1 aliphatic heterocycles. The molecule has 0 spiro atoms. The highest BCUT2D eigenvalue weighted by atomic mass is 35.5. The van der Waals surface area contributed by atoms with Crippen LogP contribution in [0.15, 0.2) is 24.8 Å². The van der Waals surface area contributed by atoms with Crippen LogP contribution in [0, 0.1) is 0 Å². The van der Waals surface area contributed by atoms with Crippen molar-refractivity contribution in [3.05, 3.63) is 40.4 Å². The van der Waals surface area contributed by atoms with Gasteiger partial charge in [-0.15, -0.1) is 0 Å². The normalized spacial score (nSPS) is 21.1. The minimum absolute atomic E-state index is 0.0908. The van der Waals surface area contributed by atoms with Gasteiger partial charge in [-0.3, -0.25) is 4.79 Å². The van der Waals surface area contributed by atoms with E-state index in [9.17, 15) is 4.79 Å². The first-order chi connectivity index (χ1) is 14.9. The van der Waals surface area contributed by atoms with Gasteiger partial charge in [0.1, 0.15) is 17.4 Å². The molecule has 1 aromatic carbocycles. The van der Waals surface area contributed by atoms with Crippen LogP contribution < -0.4 is 21.7 Å². The molecule has 162 valence electrons. The molecule has 3 heterocycles. The third-order valence-electron chi connectivity index (χ3n) is 5.94. The number of benzene rings is 1. The number of imidazole rings is 1. The van der Waals surface area contributed by atoms with Gasteiger partial charge in [0.15, 0.2) is 11.5 Å². The summed E-state index contributed by atoms with van der Waals surface area (Å²) in [5.74, 6) is 0.224. The molecule has 1 amide bonds. The Balaban J connectivity index is 1.47. The third kappa shape index (κ3) is 3.66. The number of nitrogen functional groups attached to an aromatic ring is 1. The second-order valence-corrected chi connectivity index (χ2v) is 9.02. The highest BCUT2D eigenvalue weighted by Gasteiger charge is 2.43. The van der Waals surface area contributed by atoms with Gasteiger partial charge in [0.25, 0.3) is 0 Å². The van der Waals surface area contributed by atoms with Gasteiger partial charge in [-0.1, -0.05) is 23.2 Å². The third-order valence-corrected chi connectivity index (χ3v) is 6.78. The average Bonchev–Trinajstić information content (AvgIpc) is 3.32. The smallest absolute Gasteiger partial charge is 0.242 e. The van der Waals surface area contributed by atoms with E-state index >= 15 is 0 Å². The lowest BCUT2D eigenvalue weighted by Crippen LogP contribution is -2.56. The first-order valence-electron chi connectivity index (χ1n) is 10.1. The van der Waals surface area contributed by atoms with E-state index in [4.69, 9.17) is 34.7 Å². The molecule has 0 bridgehead atoms. The van der Waals surface area contributed by atoms with Crippen molar-refractivity contribution >= 4 is 51.8 Å². The predicted octanol–water partition coefficient (Wildman–Crippen LogP) is 1.95. The average molecular weight is 461 g/mol. The zero-order chi connectivity index (χ0) is 21.8. The summed E-state index contributed by atoms with van der Waals surface area (Å²) in [6.07, 6.45) is 5.66. The maximum atomic E-state index is 12.7. The molecular formula is C20H22Cl2N8O. The minimum atomic E-state index is -0.935. The van der Waals surface area contributed by atoms with Gasteiger partial charge in [0, 0.05) is 30.4 Å². The summed E-state index contributed by atoms with van der Waals surface area (Å²) >= 11 is 13.0. The van der Waals surface area contributed by atoms with Crippen molar-refractivity contribution in [2.45, 2.75) is 37.4 Å². The maximum Gasteiger partial charge on any atom is 0.242 e. The van der Waals surface area contributed by atoms with Crippen LogP contribution in [-0.4, -0.2) is 50.1 Å². The second kappa shape index (κ2) is 7.51. The minimum Gasteiger partial charge on any atom is -0.382 e. The van der Waals surface area contributed by atoms with Crippen LogP contribution in [0.4, 0.5) is 11.5 Å². The molecule has 3 aromatic rings. The Labute approximate surface area is 188 Å². The SMILES string of the molecule is Nc1ncnc2c1ncn2Cc1c(N2CCC(N)(C(=O)NC3CC3)C2)ccc(Cl)c1Cl. The molecule has 5 rings (SSSR count). The molecule has 5 N–H and O–H groups in total. The molecule has 2 fully saturated rings. The molecule has 11 heteroatoms. The van der Waals surface area contributed by atoms with Crippen molar-refractivity contribution in [2.24, 2.45) is 5.73 Å². The molecule has 1 aliphatic carbocycles. The zero-order valence-corrected chi connectivity index (χ0v) is 18.2. The van der Waals surface area contributed by atoms with Crippen molar-refractivity contribution in [3.63, 3.8) is 0 Å². The van der Waals surface area contributed by atoms with E-state index in [0.29, 0.717) is 53.1 Å². The van der Waals surface area contributed by atoms with Crippen molar-refractivity contribution in [2.75, 3.05) is 23.7 Å². The number of carbonyl (C=O) groups is 1. The second-order valence-electron chi connectivity index (χ2n) is 8.24. The summed E-state index contributed by atoms with van der Waals surface area (Å²) in [4.78, 5) is 27.4. The summed E-state index contributed by atoms with van der Waals surface area (Å²) < 4.78 is 1.85. The van der Waals surface area contributed by atoms with Crippen LogP contribution in [-0.2, 0) is 11.3 Å². The first kappa shape index (κ1) is 20.3. The fraction of sp³-hybridized carbons (Fsp3) is 0.400. The molecule has 1 atom stereocenters. The number of carbonyl (C=O) groups excluding carboxylic acids is 1. The van der Waals surface area contributed by atoms with Crippen molar-refractivity contribution in [1.29, 1.82) is 0 Å². The van der Waals surface area contributed by atoms with Gasteiger partial charge in [0.2, 0.25) is 5.91 Å². The topological polar surface area (TPSA) is 128 Å². The van der Waals surface area contributed by atoms with Crippen molar-refractivity contribution < 1.29 is 4.79 Å². The fourth-order valence-electron chi connectivity index (χ4n) is 3.99. The van der Waals surface area contributed by atoms with Gasteiger partial charge in [-0.25, -0.2) is 15.0 Å². The number of nitrogens with two attached hydrogens (primary N) is 2. The van der Waals surface area contributed by atoms with E-state index in [0.717, 1.165) is 24.1 Å². The Morgan fingerprint density at radius 3 is 2.84 bits per heavy atom. The maximum absolute atomic E-state index is 12.7. The van der Waals surface area contributed by atoms with E-state index in [1.807, 2.05) is 10.6 Å². The van der Waals surface area contributed by atoms with E-state index in [-0.39, 0.29) is 11.9 Å². The number of nitrogens with zero attached hydrogens (tertiary/aromatic N) is 5. The lowest BCUT2D eigenvalue weighted by Gasteiger charge is -2.27. The largest absolute Gasteiger partial charge is 0.382 e. The van der Waals surface area contributed by atoms with Crippen LogP contribution in [0.5, 0.6) is 0 Å². The van der Waals surface area contributed by atoms with Gasteiger partial charge in [0.05, 0.1) is 22.9 Å². The standard InChI is InChI=1S/C20H22Cl2N8O/c21-13-3-4-14(29-6-5-20(24,8-29)19(31)28-11-1-2-11)12(15(13)22)7-30-10-27-16-17(23)25-9-26-18(16)30/h3-4,9-11H,1-2,5-8,24H2,(H,28,31)(H2,23,25,26). The van der Waals surface area contributed by atoms with Crippen LogP contribution in [0.1, 0.15) is 24.8 Å². The summed E-state index contributed by atoms with van der Waals surface area (Å²) in [5.41, 5.74) is 14.3. The summed E-state index contributed by atoms with van der Waals surface area (Å²) in [6, 6.07) is 3.94. The molecule has 2 aliphatic rings. The Bertz CT molecular complexity index is 1180. The van der Waals surface area contributed by atoms with Crippen LogP contribution >= 0.6 is 23.2 Å². The molecule has 2 aromatic heterocycles. The van der Waals surface area contributed by atoms with E-state index in [1.165, 1.54) is 6.33 Å². The van der Waals surface area contributed by atoms with Crippen molar-refractivity contribution in [1.82, 2.24) is 24.8 Å². The Kier molecular flexibility index (Phi) is 4.91. The number of hydrogen-bond donors (Lipinski definition) is 3. The quantitative estimate of drug-likeness (QED) is 0.530. The Morgan fingerprint density at radius 1 is 1.26 bits per heavy atom. The monoisotopic (exact) mass is 460 g/mol. The number of halogens is 2. The molecule has 0 radical (unpaired) electrons. The van der Waals surface area contributed by atoms with Gasteiger partial charge >= 0.3 is 0 Å². The molecule has 1 unspecified atom stereocenters. The van der Waals surface area contributed by atoms with Crippen LogP contribution in [0.3, 0.4) is 0 Å². The van der Waals surface area contributed by atoms with Crippen LogP contribution in [0.25, 0.3) is 11.2 Å². The summed E-state index contributed by atoms with van der Waals surface area (Å²) in [7, 11) is 0. The number of nitrogens with one attached hydrogen (secondary N) is 1. The van der Waals surface area contributed by atoms with E-state index < -0.39 is 5.54 Å². The molecule has 1 saturated heterocycles. The number of aromatic nitrogens is 4. The van der Waals surface area contributed by atoms with Gasteiger partial charge in [-0.2, -0.15) is 0 Å².